The van der Waals surface area contributed by atoms with E-state index in [1.165, 1.54) is 11.8 Å². The lowest BCUT2D eigenvalue weighted by Crippen LogP contribution is -2.53. The fraction of sp³-hybridized carbons (Fsp3) is 0.303. The van der Waals surface area contributed by atoms with Gasteiger partial charge in [-0.3, -0.25) is 14.4 Å². The maximum Gasteiger partial charge on any atom is 0.243 e. The van der Waals surface area contributed by atoms with Crippen LogP contribution in [0.15, 0.2) is 95.6 Å². The normalized spacial score (nSPS) is 12.7. The summed E-state index contributed by atoms with van der Waals surface area (Å²) in [6, 6.07) is 25.7. The molecular formula is C33H36N2O4S. The maximum absolute atomic E-state index is 13.5. The fourth-order valence-corrected chi connectivity index (χ4v) is 5.55. The van der Waals surface area contributed by atoms with Crippen molar-refractivity contribution in [2.24, 2.45) is 5.92 Å². The van der Waals surface area contributed by atoms with Gasteiger partial charge in [0.1, 0.15) is 11.8 Å². The predicted molar refractivity (Wildman–Crippen MR) is 161 cm³/mol. The summed E-state index contributed by atoms with van der Waals surface area (Å²) >= 11 is 1.45. The van der Waals surface area contributed by atoms with E-state index in [-0.39, 0.29) is 35.7 Å². The molecule has 4 aromatic rings. The minimum atomic E-state index is -0.746. The van der Waals surface area contributed by atoms with Crippen molar-refractivity contribution in [2.45, 2.75) is 50.9 Å². The highest BCUT2D eigenvalue weighted by Gasteiger charge is 2.27. The van der Waals surface area contributed by atoms with Gasteiger partial charge in [-0.2, -0.15) is 0 Å². The Bertz CT molecular complexity index is 1400. The van der Waals surface area contributed by atoms with Crippen LogP contribution >= 0.6 is 11.8 Å². The van der Waals surface area contributed by atoms with E-state index in [0.29, 0.717) is 18.6 Å². The Balaban J connectivity index is 1.44. The predicted octanol–water partition coefficient (Wildman–Crippen LogP) is 5.74. The molecule has 0 aliphatic heterocycles. The number of hydrogen-bond acceptors (Lipinski definition) is 5. The van der Waals surface area contributed by atoms with Crippen LogP contribution in [0.2, 0.25) is 0 Å². The summed E-state index contributed by atoms with van der Waals surface area (Å²) in [5.41, 5.74) is 1.86. The number of ketones is 1. The second-order valence-electron chi connectivity index (χ2n) is 10.4. The van der Waals surface area contributed by atoms with Crippen LogP contribution in [0.25, 0.3) is 10.8 Å². The topological polar surface area (TPSA) is 88.4 Å². The van der Waals surface area contributed by atoms with Gasteiger partial charge >= 0.3 is 0 Å². The van der Waals surface area contributed by atoms with Gasteiger partial charge in [-0.05, 0) is 52.8 Å². The van der Waals surface area contributed by atoms with E-state index in [9.17, 15) is 14.4 Å². The van der Waals surface area contributed by atoms with Gasteiger partial charge in [0.2, 0.25) is 11.8 Å². The first kappa shape index (κ1) is 29.2. The highest BCUT2D eigenvalue weighted by Crippen LogP contribution is 2.19. The second kappa shape index (κ2) is 14.5. The Hall–Kier alpha value is -3.84. The number of carbonyl (C=O) groups is 3. The number of fused-ring (bicyclic) bond motifs is 1. The summed E-state index contributed by atoms with van der Waals surface area (Å²) < 4.78 is 5.37. The van der Waals surface area contributed by atoms with Gasteiger partial charge in [0.15, 0.2) is 5.78 Å². The highest BCUT2D eigenvalue weighted by atomic mass is 32.2. The summed E-state index contributed by atoms with van der Waals surface area (Å²) in [4.78, 5) is 40.0. The summed E-state index contributed by atoms with van der Waals surface area (Å²) in [6.45, 7) is 4.02. The first-order valence-corrected chi connectivity index (χ1v) is 14.8. The summed E-state index contributed by atoms with van der Waals surface area (Å²) in [7, 11) is 0. The van der Waals surface area contributed by atoms with Gasteiger partial charge in [-0.15, -0.1) is 11.8 Å². The second-order valence-corrected chi connectivity index (χ2v) is 11.3. The molecule has 3 aromatic carbocycles. The van der Waals surface area contributed by atoms with E-state index in [2.05, 4.69) is 10.6 Å². The van der Waals surface area contributed by atoms with Gasteiger partial charge in [-0.25, -0.2) is 0 Å². The third kappa shape index (κ3) is 8.58. The largest absolute Gasteiger partial charge is 0.468 e. The van der Waals surface area contributed by atoms with Gasteiger partial charge in [0.05, 0.1) is 30.2 Å². The molecule has 0 unspecified atom stereocenters. The van der Waals surface area contributed by atoms with Crippen molar-refractivity contribution >= 4 is 40.1 Å². The van der Waals surface area contributed by atoms with Crippen molar-refractivity contribution < 1.29 is 18.8 Å². The Morgan fingerprint density at radius 2 is 1.57 bits per heavy atom. The molecule has 0 saturated heterocycles. The Morgan fingerprint density at radius 3 is 2.33 bits per heavy atom. The molecule has 0 aliphatic rings. The van der Waals surface area contributed by atoms with E-state index in [1.54, 1.807) is 6.26 Å². The van der Waals surface area contributed by atoms with E-state index in [1.807, 2.05) is 98.8 Å². The summed E-state index contributed by atoms with van der Waals surface area (Å²) in [5, 5.41) is 8.01. The number of thioether (sulfide) groups is 1. The zero-order valence-corrected chi connectivity index (χ0v) is 23.8. The van der Waals surface area contributed by atoms with Crippen molar-refractivity contribution in [2.75, 3.05) is 5.75 Å². The van der Waals surface area contributed by atoms with Crippen molar-refractivity contribution in [3.05, 3.63) is 108 Å². The molecule has 2 N–H and O–H groups in total. The number of nitrogens with one attached hydrogen (secondary N) is 2. The van der Waals surface area contributed by atoms with Gasteiger partial charge in [0, 0.05) is 0 Å². The fourth-order valence-electron chi connectivity index (χ4n) is 4.68. The molecule has 7 heteroatoms. The van der Waals surface area contributed by atoms with Crippen LogP contribution in [-0.4, -0.2) is 35.4 Å². The molecule has 0 radical (unpaired) electrons. The molecule has 0 spiro atoms. The van der Waals surface area contributed by atoms with Crippen LogP contribution in [0.4, 0.5) is 0 Å². The minimum absolute atomic E-state index is 0.0702. The minimum Gasteiger partial charge on any atom is -0.468 e. The zero-order chi connectivity index (χ0) is 28.3. The van der Waals surface area contributed by atoms with Crippen molar-refractivity contribution in [1.29, 1.82) is 0 Å². The van der Waals surface area contributed by atoms with E-state index in [4.69, 9.17) is 4.42 Å². The monoisotopic (exact) mass is 556 g/mol. The number of rotatable bonds is 14. The molecule has 208 valence electrons. The lowest BCUT2D eigenvalue weighted by molar-refractivity contribution is -0.131. The number of benzene rings is 3. The third-order valence-electron chi connectivity index (χ3n) is 6.65. The van der Waals surface area contributed by atoms with Crippen LogP contribution in [0.5, 0.6) is 0 Å². The van der Waals surface area contributed by atoms with Gasteiger partial charge in [0.25, 0.3) is 0 Å². The molecular weight excluding hydrogens is 520 g/mol. The van der Waals surface area contributed by atoms with Crippen molar-refractivity contribution in [1.82, 2.24) is 10.6 Å². The molecule has 6 nitrogen and oxygen atoms in total. The lowest BCUT2D eigenvalue weighted by atomic mass is 9.99. The molecule has 0 bridgehead atoms. The standard InChI is InChI=1S/C33H36N2O4S/c1-23(2)18-30(34-32(37)20-26-14-8-13-25-12-6-7-16-28(25)26)33(38)35-29(19-24-10-4-3-5-11-24)31(36)22-40-21-27-15-9-17-39-27/h3-17,23,29-30H,18-22H2,1-2H3,(H,34,37)(H,35,38)/t29-,30-/m0/s1. The molecule has 40 heavy (non-hydrogen) atoms. The Kier molecular flexibility index (Phi) is 10.6. The Labute approximate surface area is 239 Å². The molecule has 1 aromatic heterocycles. The number of Topliss-reactive ketones (excluding diaryl/α,β-unsaturated/α-hetero) is 1. The van der Waals surface area contributed by atoms with Crippen molar-refractivity contribution in [3.8, 4) is 0 Å². The zero-order valence-electron chi connectivity index (χ0n) is 23.0. The lowest BCUT2D eigenvalue weighted by Gasteiger charge is -2.24. The Morgan fingerprint density at radius 1 is 0.825 bits per heavy atom. The molecule has 0 aliphatic carbocycles. The SMILES string of the molecule is CC(C)C[C@H](NC(=O)Cc1cccc2ccccc12)C(=O)N[C@@H](Cc1ccccc1)C(=O)CSCc1ccco1. The van der Waals surface area contributed by atoms with Crippen LogP contribution in [0.1, 0.15) is 37.2 Å². The third-order valence-corrected chi connectivity index (χ3v) is 7.62. The average molecular weight is 557 g/mol. The summed E-state index contributed by atoms with van der Waals surface area (Å²) in [6.07, 6.45) is 2.62. The van der Waals surface area contributed by atoms with Crippen LogP contribution in [0.3, 0.4) is 0 Å². The molecule has 0 saturated carbocycles. The molecule has 4 rings (SSSR count). The number of amides is 2. The van der Waals surface area contributed by atoms with Gasteiger partial charge < -0.3 is 15.1 Å². The van der Waals surface area contributed by atoms with E-state index < -0.39 is 12.1 Å². The molecule has 2 amide bonds. The molecule has 0 fully saturated rings. The number of hydrogen-bond donors (Lipinski definition) is 2. The number of furan rings is 1. The molecule has 1 heterocycles. The smallest absolute Gasteiger partial charge is 0.243 e. The first-order valence-electron chi connectivity index (χ1n) is 13.6. The first-order chi connectivity index (χ1) is 19.4. The van der Waals surface area contributed by atoms with Crippen molar-refractivity contribution in [3.63, 3.8) is 0 Å². The van der Waals surface area contributed by atoms with Crippen LogP contribution in [0, 0.1) is 5.92 Å². The van der Waals surface area contributed by atoms with Gasteiger partial charge in [-0.1, -0.05) is 86.6 Å². The molecule has 2 atom stereocenters. The maximum atomic E-state index is 13.5. The number of carbonyl (C=O) groups excluding carboxylic acids is 3. The summed E-state index contributed by atoms with van der Waals surface area (Å²) in [5.74, 6) is 1.14. The van der Waals surface area contributed by atoms with Crippen LogP contribution < -0.4 is 10.6 Å². The van der Waals surface area contributed by atoms with E-state index >= 15 is 0 Å². The van der Waals surface area contributed by atoms with E-state index in [0.717, 1.165) is 27.7 Å². The average Bonchev–Trinajstić information content (AvgIpc) is 3.46. The highest BCUT2D eigenvalue weighted by molar-refractivity contribution is 7.99. The van der Waals surface area contributed by atoms with Crippen LogP contribution in [-0.2, 0) is 33.0 Å². The quantitative estimate of drug-likeness (QED) is 0.207.